The van der Waals surface area contributed by atoms with Crippen LogP contribution >= 0.6 is 11.3 Å². The summed E-state index contributed by atoms with van der Waals surface area (Å²) in [4.78, 5) is 32.6. The molecule has 0 spiro atoms. The van der Waals surface area contributed by atoms with Crippen molar-refractivity contribution < 1.29 is 28.5 Å². The predicted molar refractivity (Wildman–Crippen MR) is 142 cm³/mol. The highest BCUT2D eigenvalue weighted by atomic mass is 32.1. The SMILES string of the molecule is CCCC1=C(C(=O)OCC)[C@H](c2cc(OC)ccc2OC)n2c(s/c(=C\c3ccc4c(c3)OCO4)c2=O)=N1. The second-order valence-corrected chi connectivity index (χ2v) is 9.64. The molecule has 0 radical (unpaired) electrons. The number of thiazole rings is 1. The van der Waals surface area contributed by atoms with E-state index in [2.05, 4.69) is 0 Å². The molecule has 0 aliphatic carbocycles. The average Bonchev–Trinajstić information content (AvgIpc) is 3.51. The largest absolute Gasteiger partial charge is 0.497 e. The summed E-state index contributed by atoms with van der Waals surface area (Å²) in [5.74, 6) is 1.86. The Bertz CT molecular complexity index is 1600. The molecule has 0 saturated carbocycles. The highest BCUT2D eigenvalue weighted by Gasteiger charge is 2.36. The summed E-state index contributed by atoms with van der Waals surface area (Å²) in [5.41, 5.74) is 2.03. The summed E-state index contributed by atoms with van der Waals surface area (Å²) < 4.78 is 29.5. The minimum absolute atomic E-state index is 0.167. The summed E-state index contributed by atoms with van der Waals surface area (Å²) in [5, 5.41) is 0. The molecule has 3 heterocycles. The number of esters is 1. The molecular formula is C28H28N2O7S. The zero-order valence-electron chi connectivity index (χ0n) is 21.6. The monoisotopic (exact) mass is 536 g/mol. The van der Waals surface area contributed by atoms with Crippen LogP contribution in [-0.2, 0) is 9.53 Å². The number of benzene rings is 2. The zero-order chi connectivity index (χ0) is 26.8. The van der Waals surface area contributed by atoms with E-state index in [1.54, 1.807) is 50.0 Å². The maximum absolute atomic E-state index is 14.0. The molecule has 0 N–H and O–H groups in total. The third kappa shape index (κ3) is 4.56. The number of methoxy groups -OCH3 is 2. The molecule has 0 unspecified atom stereocenters. The topological polar surface area (TPSA) is 97.6 Å². The van der Waals surface area contributed by atoms with Crippen LogP contribution in [0.3, 0.4) is 0 Å². The Morgan fingerprint density at radius 2 is 1.95 bits per heavy atom. The van der Waals surface area contributed by atoms with Gasteiger partial charge in [0.1, 0.15) is 17.5 Å². The molecule has 1 aromatic heterocycles. The highest BCUT2D eigenvalue weighted by Crippen LogP contribution is 2.39. The number of ether oxygens (including phenoxy) is 5. The van der Waals surface area contributed by atoms with Gasteiger partial charge in [-0.15, -0.1) is 0 Å². The zero-order valence-corrected chi connectivity index (χ0v) is 22.4. The summed E-state index contributed by atoms with van der Waals surface area (Å²) in [6.07, 6.45) is 3.10. The first kappa shape index (κ1) is 25.6. The van der Waals surface area contributed by atoms with Gasteiger partial charge in [0.05, 0.1) is 36.6 Å². The molecule has 0 fully saturated rings. The van der Waals surface area contributed by atoms with Crippen molar-refractivity contribution in [2.75, 3.05) is 27.6 Å². The van der Waals surface area contributed by atoms with E-state index < -0.39 is 12.0 Å². The molecular weight excluding hydrogens is 508 g/mol. The molecule has 0 amide bonds. The van der Waals surface area contributed by atoms with Gasteiger partial charge in [0.15, 0.2) is 16.3 Å². The van der Waals surface area contributed by atoms with E-state index in [9.17, 15) is 9.59 Å². The Morgan fingerprint density at radius 1 is 1.13 bits per heavy atom. The fourth-order valence-electron chi connectivity index (χ4n) is 4.62. The number of rotatable bonds is 8. The molecule has 2 aliphatic rings. The van der Waals surface area contributed by atoms with Crippen LogP contribution in [0.15, 0.2) is 57.5 Å². The molecule has 0 bridgehead atoms. The quantitative estimate of drug-likeness (QED) is 0.408. The number of hydrogen-bond donors (Lipinski definition) is 0. The Labute approximate surface area is 223 Å². The van der Waals surface area contributed by atoms with Gasteiger partial charge in [-0.3, -0.25) is 9.36 Å². The Hall–Kier alpha value is -4.05. The number of fused-ring (bicyclic) bond motifs is 2. The van der Waals surface area contributed by atoms with Gasteiger partial charge in [0.2, 0.25) is 6.79 Å². The highest BCUT2D eigenvalue weighted by molar-refractivity contribution is 7.07. The molecule has 5 rings (SSSR count). The molecule has 198 valence electrons. The van der Waals surface area contributed by atoms with Crippen molar-refractivity contribution in [1.82, 2.24) is 4.57 Å². The maximum atomic E-state index is 14.0. The van der Waals surface area contributed by atoms with E-state index in [-0.39, 0.29) is 19.0 Å². The Morgan fingerprint density at radius 3 is 2.68 bits per heavy atom. The number of carbonyl (C=O) groups is 1. The summed E-state index contributed by atoms with van der Waals surface area (Å²) in [6.45, 7) is 4.12. The summed E-state index contributed by atoms with van der Waals surface area (Å²) >= 11 is 1.27. The molecule has 1 atom stereocenters. The van der Waals surface area contributed by atoms with Crippen molar-refractivity contribution in [3.63, 3.8) is 0 Å². The first-order valence-corrected chi connectivity index (χ1v) is 13.1. The number of aromatic nitrogens is 1. The Balaban J connectivity index is 1.77. The standard InChI is InChI=1S/C28H28N2O7S/c1-5-7-19-24(27(32)35-6-2)25(18-14-17(33-3)9-11-20(18)34-4)30-26(31)23(38-28(30)29-19)13-16-8-10-21-22(12-16)37-15-36-21/h8-14,25H,5-7,15H2,1-4H3/b23-13-/t25-/m0/s1. The second-order valence-electron chi connectivity index (χ2n) is 8.63. The van der Waals surface area contributed by atoms with Gasteiger partial charge >= 0.3 is 5.97 Å². The third-order valence-electron chi connectivity index (χ3n) is 6.32. The van der Waals surface area contributed by atoms with Crippen molar-refractivity contribution >= 4 is 23.4 Å². The van der Waals surface area contributed by atoms with Gasteiger partial charge in [-0.05, 0) is 55.3 Å². The fourth-order valence-corrected chi connectivity index (χ4v) is 5.64. The van der Waals surface area contributed by atoms with Crippen LogP contribution in [0.4, 0.5) is 0 Å². The van der Waals surface area contributed by atoms with E-state index in [0.29, 0.717) is 55.6 Å². The molecule has 3 aromatic rings. The number of nitrogens with zero attached hydrogens (tertiary/aromatic N) is 2. The van der Waals surface area contributed by atoms with Crippen LogP contribution < -0.4 is 33.8 Å². The van der Waals surface area contributed by atoms with Crippen molar-refractivity contribution in [2.24, 2.45) is 4.99 Å². The van der Waals surface area contributed by atoms with Crippen molar-refractivity contribution in [1.29, 1.82) is 0 Å². The lowest BCUT2D eigenvalue weighted by Gasteiger charge is -2.27. The average molecular weight is 537 g/mol. The number of hydrogen-bond acceptors (Lipinski definition) is 9. The van der Waals surface area contributed by atoms with Gasteiger partial charge in [-0.25, -0.2) is 9.79 Å². The van der Waals surface area contributed by atoms with E-state index >= 15 is 0 Å². The van der Waals surface area contributed by atoms with Gasteiger partial charge < -0.3 is 23.7 Å². The van der Waals surface area contributed by atoms with Crippen LogP contribution in [0, 0.1) is 0 Å². The van der Waals surface area contributed by atoms with E-state index in [1.807, 2.05) is 25.1 Å². The summed E-state index contributed by atoms with van der Waals surface area (Å²) in [6, 6.07) is 10.0. The van der Waals surface area contributed by atoms with Crippen LogP contribution in [0.5, 0.6) is 23.0 Å². The Kier molecular flexibility index (Phi) is 7.24. The smallest absolute Gasteiger partial charge is 0.338 e. The van der Waals surface area contributed by atoms with Crippen LogP contribution in [0.2, 0.25) is 0 Å². The first-order chi connectivity index (χ1) is 18.5. The third-order valence-corrected chi connectivity index (χ3v) is 7.30. The minimum Gasteiger partial charge on any atom is -0.497 e. The van der Waals surface area contributed by atoms with Gasteiger partial charge in [-0.2, -0.15) is 0 Å². The van der Waals surface area contributed by atoms with Crippen molar-refractivity contribution in [3.8, 4) is 23.0 Å². The van der Waals surface area contributed by atoms with E-state index in [0.717, 1.165) is 12.0 Å². The normalized spacial score (nSPS) is 16.2. The van der Waals surface area contributed by atoms with E-state index in [4.69, 9.17) is 28.7 Å². The lowest BCUT2D eigenvalue weighted by Crippen LogP contribution is -2.40. The molecule has 2 aliphatic heterocycles. The molecule has 0 saturated heterocycles. The molecule has 2 aromatic carbocycles. The van der Waals surface area contributed by atoms with Crippen LogP contribution in [0.25, 0.3) is 6.08 Å². The van der Waals surface area contributed by atoms with Crippen LogP contribution in [-0.4, -0.2) is 38.2 Å². The van der Waals surface area contributed by atoms with Gasteiger partial charge in [0, 0.05) is 5.56 Å². The van der Waals surface area contributed by atoms with E-state index in [1.165, 1.54) is 11.3 Å². The molecule has 10 heteroatoms. The maximum Gasteiger partial charge on any atom is 0.338 e. The van der Waals surface area contributed by atoms with Gasteiger partial charge in [-0.1, -0.05) is 30.7 Å². The van der Waals surface area contributed by atoms with Gasteiger partial charge in [0.25, 0.3) is 5.56 Å². The summed E-state index contributed by atoms with van der Waals surface area (Å²) in [7, 11) is 3.11. The fraction of sp³-hybridized carbons (Fsp3) is 0.321. The minimum atomic E-state index is -0.809. The molecule has 38 heavy (non-hydrogen) atoms. The van der Waals surface area contributed by atoms with Crippen molar-refractivity contribution in [2.45, 2.75) is 32.7 Å². The predicted octanol–water partition coefficient (Wildman–Crippen LogP) is 3.32. The lowest BCUT2D eigenvalue weighted by molar-refractivity contribution is -0.139. The lowest BCUT2D eigenvalue weighted by atomic mass is 9.93. The van der Waals surface area contributed by atoms with Crippen LogP contribution in [0.1, 0.15) is 43.9 Å². The first-order valence-electron chi connectivity index (χ1n) is 12.3. The number of allylic oxidation sites excluding steroid dienone is 1. The second kappa shape index (κ2) is 10.7. The number of carbonyl (C=O) groups excluding carboxylic acids is 1. The molecule has 9 nitrogen and oxygen atoms in total. The van der Waals surface area contributed by atoms with Crippen molar-refractivity contribution in [3.05, 3.63) is 78.5 Å².